The third kappa shape index (κ3) is 2.39. The molecule has 3 heteroatoms. The zero-order chi connectivity index (χ0) is 9.80. The Morgan fingerprint density at radius 2 is 2.00 bits per heavy atom. The van der Waals surface area contributed by atoms with E-state index in [1.807, 2.05) is 0 Å². The molecular formula is C11H14O3. The van der Waals surface area contributed by atoms with Gasteiger partial charge in [0.2, 0.25) is 0 Å². The largest absolute Gasteiger partial charge is 0.508 e. The maximum atomic E-state index is 9.05. The number of benzene rings is 1. The van der Waals surface area contributed by atoms with Gasteiger partial charge in [0.15, 0.2) is 0 Å². The van der Waals surface area contributed by atoms with Crippen LogP contribution in [0.3, 0.4) is 0 Å². The highest BCUT2D eigenvalue weighted by atomic mass is 16.5. The third-order valence-corrected chi connectivity index (χ3v) is 2.34. The van der Waals surface area contributed by atoms with Crippen molar-refractivity contribution >= 4 is 0 Å². The van der Waals surface area contributed by atoms with E-state index in [2.05, 4.69) is 0 Å². The van der Waals surface area contributed by atoms with Gasteiger partial charge in [-0.05, 0) is 30.7 Å². The molecule has 0 aliphatic carbocycles. The maximum Gasteiger partial charge on any atom is 0.119 e. The van der Waals surface area contributed by atoms with Crippen LogP contribution in [0.2, 0.25) is 0 Å². The van der Waals surface area contributed by atoms with Crippen LogP contribution in [-0.2, 0) is 4.74 Å². The molecule has 2 rings (SSSR count). The first-order valence-corrected chi connectivity index (χ1v) is 4.84. The van der Waals surface area contributed by atoms with Crippen LogP contribution < -0.4 is 4.74 Å². The summed E-state index contributed by atoms with van der Waals surface area (Å²) in [5, 5.41) is 9.05. The molecule has 0 aromatic heterocycles. The summed E-state index contributed by atoms with van der Waals surface area (Å²) in [4.78, 5) is 0. The van der Waals surface area contributed by atoms with Crippen LogP contribution in [0.1, 0.15) is 6.42 Å². The molecule has 0 unspecified atom stereocenters. The molecule has 1 aliphatic heterocycles. The monoisotopic (exact) mass is 194 g/mol. The van der Waals surface area contributed by atoms with E-state index in [4.69, 9.17) is 14.6 Å². The van der Waals surface area contributed by atoms with Crippen LogP contribution in [-0.4, -0.2) is 24.9 Å². The highest BCUT2D eigenvalue weighted by Crippen LogP contribution is 2.18. The molecule has 1 saturated heterocycles. The van der Waals surface area contributed by atoms with E-state index in [1.165, 1.54) is 0 Å². The minimum Gasteiger partial charge on any atom is -0.508 e. The molecule has 1 N–H and O–H groups in total. The average molecular weight is 194 g/mol. The molecule has 0 bridgehead atoms. The molecule has 1 fully saturated rings. The van der Waals surface area contributed by atoms with Crippen LogP contribution in [0, 0.1) is 5.92 Å². The van der Waals surface area contributed by atoms with Crippen LogP contribution in [0.5, 0.6) is 11.5 Å². The molecule has 1 heterocycles. The fourth-order valence-corrected chi connectivity index (χ4v) is 1.34. The fourth-order valence-electron chi connectivity index (χ4n) is 1.34. The van der Waals surface area contributed by atoms with E-state index in [0.717, 1.165) is 32.0 Å². The number of hydrogen-bond acceptors (Lipinski definition) is 3. The van der Waals surface area contributed by atoms with Crippen LogP contribution in [0.15, 0.2) is 24.3 Å². The van der Waals surface area contributed by atoms with Gasteiger partial charge in [-0.2, -0.15) is 0 Å². The van der Waals surface area contributed by atoms with Crippen molar-refractivity contribution in [2.45, 2.75) is 6.42 Å². The second-order valence-corrected chi connectivity index (χ2v) is 3.53. The molecule has 0 atom stereocenters. The van der Waals surface area contributed by atoms with Crippen molar-refractivity contribution in [2.24, 2.45) is 5.92 Å². The zero-order valence-corrected chi connectivity index (χ0v) is 7.98. The molecular weight excluding hydrogens is 180 g/mol. The van der Waals surface area contributed by atoms with E-state index in [0.29, 0.717) is 5.92 Å². The van der Waals surface area contributed by atoms with Gasteiger partial charge in [-0.1, -0.05) is 0 Å². The quantitative estimate of drug-likeness (QED) is 0.794. The number of hydrogen-bond donors (Lipinski definition) is 1. The van der Waals surface area contributed by atoms with Gasteiger partial charge in [-0.15, -0.1) is 0 Å². The first kappa shape index (κ1) is 9.34. The van der Waals surface area contributed by atoms with E-state index in [9.17, 15) is 0 Å². The molecule has 0 amide bonds. The zero-order valence-electron chi connectivity index (χ0n) is 7.98. The lowest BCUT2D eigenvalue weighted by Gasteiger charge is -2.25. The average Bonchev–Trinajstić information content (AvgIpc) is 2.12. The molecule has 1 aromatic carbocycles. The number of rotatable bonds is 4. The Morgan fingerprint density at radius 3 is 2.57 bits per heavy atom. The smallest absolute Gasteiger partial charge is 0.119 e. The Hall–Kier alpha value is -1.22. The second kappa shape index (κ2) is 4.33. The van der Waals surface area contributed by atoms with Gasteiger partial charge in [0.25, 0.3) is 0 Å². The van der Waals surface area contributed by atoms with Gasteiger partial charge in [0, 0.05) is 5.92 Å². The molecule has 76 valence electrons. The lowest BCUT2D eigenvalue weighted by Crippen LogP contribution is -2.28. The summed E-state index contributed by atoms with van der Waals surface area (Å²) < 4.78 is 10.6. The van der Waals surface area contributed by atoms with Gasteiger partial charge < -0.3 is 14.6 Å². The second-order valence-electron chi connectivity index (χ2n) is 3.53. The third-order valence-electron chi connectivity index (χ3n) is 2.34. The molecule has 1 aliphatic rings. The molecule has 1 aromatic rings. The van der Waals surface area contributed by atoms with Crippen LogP contribution in [0.25, 0.3) is 0 Å². The maximum absolute atomic E-state index is 9.05. The summed E-state index contributed by atoms with van der Waals surface area (Å²) >= 11 is 0. The Labute approximate surface area is 83.3 Å². The minimum absolute atomic E-state index is 0.268. The van der Waals surface area contributed by atoms with Crippen molar-refractivity contribution in [3.63, 3.8) is 0 Å². The van der Waals surface area contributed by atoms with Crippen molar-refractivity contribution in [2.75, 3.05) is 19.8 Å². The first-order valence-electron chi connectivity index (χ1n) is 4.84. The van der Waals surface area contributed by atoms with Gasteiger partial charge in [0.1, 0.15) is 11.5 Å². The predicted molar refractivity (Wildman–Crippen MR) is 52.5 cm³/mol. The number of phenolic OH excluding ortho intramolecular Hbond substituents is 1. The molecule has 3 nitrogen and oxygen atoms in total. The highest BCUT2D eigenvalue weighted by Gasteiger charge is 2.17. The van der Waals surface area contributed by atoms with Crippen molar-refractivity contribution in [1.82, 2.24) is 0 Å². The lowest BCUT2D eigenvalue weighted by atomic mass is 10.1. The van der Waals surface area contributed by atoms with Crippen molar-refractivity contribution in [1.29, 1.82) is 0 Å². The van der Waals surface area contributed by atoms with E-state index in [1.54, 1.807) is 24.3 Å². The van der Waals surface area contributed by atoms with E-state index < -0.39 is 0 Å². The van der Waals surface area contributed by atoms with E-state index in [-0.39, 0.29) is 5.75 Å². The predicted octanol–water partition coefficient (Wildman–Crippen LogP) is 1.81. The SMILES string of the molecule is Oc1ccc(OCCC2COC2)cc1. The Morgan fingerprint density at radius 1 is 1.29 bits per heavy atom. The Balaban J connectivity index is 1.71. The molecule has 14 heavy (non-hydrogen) atoms. The summed E-state index contributed by atoms with van der Waals surface area (Å²) in [5.41, 5.74) is 0. The summed E-state index contributed by atoms with van der Waals surface area (Å²) in [6, 6.07) is 6.79. The fraction of sp³-hybridized carbons (Fsp3) is 0.455. The van der Waals surface area contributed by atoms with E-state index >= 15 is 0 Å². The topological polar surface area (TPSA) is 38.7 Å². The van der Waals surface area contributed by atoms with Gasteiger partial charge in [-0.3, -0.25) is 0 Å². The van der Waals surface area contributed by atoms with Gasteiger partial charge in [0.05, 0.1) is 19.8 Å². The summed E-state index contributed by atoms with van der Waals surface area (Å²) in [6.07, 6.45) is 1.04. The normalized spacial score (nSPS) is 16.3. The number of ether oxygens (including phenoxy) is 2. The van der Waals surface area contributed by atoms with Crippen LogP contribution in [0.4, 0.5) is 0 Å². The van der Waals surface area contributed by atoms with Crippen LogP contribution >= 0.6 is 0 Å². The number of phenols is 1. The van der Waals surface area contributed by atoms with Crippen molar-refractivity contribution in [3.8, 4) is 11.5 Å². The van der Waals surface area contributed by atoms with Crippen molar-refractivity contribution < 1.29 is 14.6 Å². The number of aromatic hydroxyl groups is 1. The lowest BCUT2D eigenvalue weighted by molar-refractivity contribution is -0.0401. The first-order chi connectivity index (χ1) is 6.84. The molecule has 0 radical (unpaired) electrons. The summed E-state index contributed by atoms with van der Waals surface area (Å²) in [6.45, 7) is 2.47. The standard InChI is InChI=1S/C11H14O3/c12-10-1-3-11(4-2-10)14-6-5-9-7-13-8-9/h1-4,9,12H,5-8H2. The van der Waals surface area contributed by atoms with Gasteiger partial charge in [-0.25, -0.2) is 0 Å². The Bertz CT molecular complexity index is 277. The molecule has 0 spiro atoms. The van der Waals surface area contributed by atoms with Gasteiger partial charge >= 0.3 is 0 Å². The Kier molecular flexibility index (Phi) is 2.89. The summed E-state index contributed by atoms with van der Waals surface area (Å²) in [7, 11) is 0. The minimum atomic E-state index is 0.268. The summed E-state index contributed by atoms with van der Waals surface area (Å²) in [5.74, 6) is 1.75. The van der Waals surface area contributed by atoms with Crippen molar-refractivity contribution in [3.05, 3.63) is 24.3 Å². The highest BCUT2D eigenvalue weighted by molar-refractivity contribution is 5.29. The molecule has 0 saturated carbocycles.